The standard InChI is InChI=1S/C16H17NO3S.N/c18-11-10-15-12-13-6-4-5-9-16(13)17(21(15,19)20)14-7-2-1-3-8-14;/h1-9,15,18H,10-12H2;. The first-order valence-electron chi connectivity index (χ1n) is 6.92. The lowest BCUT2D eigenvalue weighted by Crippen LogP contribution is -2.41. The topological polar surface area (TPSA) is 88.1 Å². The van der Waals surface area contributed by atoms with Crippen LogP contribution in [-0.4, -0.2) is 25.4 Å². The minimum atomic E-state index is -3.52. The van der Waals surface area contributed by atoms with Gasteiger partial charge in [0.2, 0.25) is 10.0 Å². The first kappa shape index (κ1) is 16.5. The molecule has 5 nitrogen and oxygen atoms in total. The van der Waals surface area contributed by atoms with Crippen LogP contribution in [0.3, 0.4) is 0 Å². The van der Waals surface area contributed by atoms with E-state index >= 15 is 0 Å². The van der Waals surface area contributed by atoms with E-state index < -0.39 is 15.3 Å². The van der Waals surface area contributed by atoms with E-state index in [1.165, 1.54) is 4.31 Å². The Balaban J connectivity index is 0.00000176. The lowest BCUT2D eigenvalue weighted by molar-refractivity contribution is 0.284. The summed E-state index contributed by atoms with van der Waals surface area (Å²) in [4.78, 5) is 0. The zero-order chi connectivity index (χ0) is 14.9. The van der Waals surface area contributed by atoms with Gasteiger partial charge in [0.15, 0.2) is 0 Å². The van der Waals surface area contributed by atoms with E-state index in [0.717, 1.165) is 5.56 Å². The van der Waals surface area contributed by atoms with Gasteiger partial charge in [-0.25, -0.2) is 12.7 Å². The van der Waals surface area contributed by atoms with Crippen LogP contribution >= 0.6 is 0 Å². The molecule has 0 aliphatic carbocycles. The molecule has 1 aliphatic rings. The molecule has 0 spiro atoms. The summed E-state index contributed by atoms with van der Waals surface area (Å²) in [7, 11) is -3.52. The maximum absolute atomic E-state index is 12.9. The molecule has 0 amide bonds. The van der Waals surface area contributed by atoms with E-state index in [1.54, 1.807) is 12.1 Å². The molecule has 1 N–H and O–H groups in total. The summed E-state index contributed by atoms with van der Waals surface area (Å²) < 4.78 is 27.2. The molecule has 6 heteroatoms. The number of benzene rings is 2. The van der Waals surface area contributed by atoms with E-state index in [0.29, 0.717) is 17.8 Å². The Labute approximate surface area is 130 Å². The minimum Gasteiger partial charge on any atom is -0.396 e. The van der Waals surface area contributed by atoms with Crippen LogP contribution in [0, 0.1) is 0 Å². The summed E-state index contributed by atoms with van der Waals surface area (Å²) in [6, 6.07) is 16.6. The molecule has 2 aromatic rings. The summed E-state index contributed by atoms with van der Waals surface area (Å²) in [6.07, 6.45) is 0.697. The summed E-state index contributed by atoms with van der Waals surface area (Å²) in [5.41, 5.74) is 2.33. The first-order valence-corrected chi connectivity index (χ1v) is 8.43. The molecule has 0 aromatic heterocycles. The van der Waals surface area contributed by atoms with Crippen LogP contribution in [0.4, 0.5) is 11.4 Å². The highest BCUT2D eigenvalue weighted by Crippen LogP contribution is 2.39. The van der Waals surface area contributed by atoms with Gasteiger partial charge < -0.3 is 5.11 Å². The van der Waals surface area contributed by atoms with Crippen molar-refractivity contribution in [3.63, 3.8) is 0 Å². The van der Waals surface area contributed by atoms with E-state index in [9.17, 15) is 13.5 Å². The highest BCUT2D eigenvalue weighted by molar-refractivity contribution is 7.93. The Hall–Kier alpha value is -1.89. The van der Waals surface area contributed by atoms with Gasteiger partial charge >= 0.3 is 0 Å². The molecular formula is C16H17N2O3S. The van der Waals surface area contributed by atoms with Crippen molar-refractivity contribution in [3.05, 3.63) is 60.2 Å². The van der Waals surface area contributed by atoms with Gasteiger partial charge in [-0.1, -0.05) is 36.4 Å². The molecule has 1 aliphatic heterocycles. The van der Waals surface area contributed by atoms with E-state index in [1.807, 2.05) is 42.5 Å². The van der Waals surface area contributed by atoms with Crippen molar-refractivity contribution in [2.75, 3.05) is 10.9 Å². The third kappa shape index (κ3) is 2.72. The van der Waals surface area contributed by atoms with Gasteiger partial charge in [-0.05, 0) is 36.6 Å². The maximum Gasteiger partial charge on any atom is 0.242 e. The Morgan fingerprint density at radius 2 is 1.68 bits per heavy atom. The van der Waals surface area contributed by atoms with Crippen LogP contribution in [0.1, 0.15) is 12.0 Å². The van der Waals surface area contributed by atoms with Crippen molar-refractivity contribution in [1.29, 1.82) is 0 Å². The average Bonchev–Trinajstić information content (AvgIpc) is 2.49. The molecule has 0 fully saturated rings. The first-order chi connectivity index (χ1) is 10.1. The Bertz CT molecular complexity index is 732. The summed E-state index contributed by atoms with van der Waals surface area (Å²) in [6.45, 7) is -0.130. The maximum atomic E-state index is 12.9. The van der Waals surface area contributed by atoms with Gasteiger partial charge in [0, 0.05) is 12.8 Å². The molecule has 3 rings (SSSR count). The number of sulfonamides is 1. The molecule has 1 unspecified atom stereocenters. The highest BCUT2D eigenvalue weighted by Gasteiger charge is 2.38. The Morgan fingerprint density at radius 1 is 1.05 bits per heavy atom. The van der Waals surface area contributed by atoms with E-state index in [4.69, 9.17) is 0 Å². The summed E-state index contributed by atoms with van der Waals surface area (Å²) >= 11 is 0. The number of para-hydroxylation sites is 2. The minimum absolute atomic E-state index is 0. The quantitative estimate of drug-likeness (QED) is 0.939. The largest absolute Gasteiger partial charge is 0.396 e. The van der Waals surface area contributed by atoms with Gasteiger partial charge in [-0.15, -0.1) is 0 Å². The molecule has 3 radical (unpaired) electrons. The number of anilines is 2. The number of hydrogen-bond acceptors (Lipinski definition) is 3. The second-order valence-electron chi connectivity index (χ2n) is 5.11. The van der Waals surface area contributed by atoms with Crippen molar-refractivity contribution < 1.29 is 13.5 Å². The molecule has 1 heterocycles. The van der Waals surface area contributed by atoms with Crippen molar-refractivity contribution in [1.82, 2.24) is 6.15 Å². The molecule has 22 heavy (non-hydrogen) atoms. The predicted octanol–water partition coefficient (Wildman–Crippen LogP) is 1.98. The predicted molar refractivity (Wildman–Crippen MR) is 85.3 cm³/mol. The molecular weight excluding hydrogens is 300 g/mol. The van der Waals surface area contributed by atoms with Crippen molar-refractivity contribution in [2.45, 2.75) is 18.1 Å². The van der Waals surface area contributed by atoms with E-state index in [2.05, 4.69) is 0 Å². The molecule has 0 saturated carbocycles. The second kappa shape index (κ2) is 6.48. The van der Waals surface area contributed by atoms with Gasteiger partial charge in [0.25, 0.3) is 0 Å². The number of nitrogens with zero attached hydrogens (tertiary/aromatic N) is 2. The number of aliphatic hydroxyl groups is 1. The fraction of sp³-hybridized carbons (Fsp3) is 0.250. The third-order valence-corrected chi connectivity index (χ3v) is 5.94. The zero-order valence-electron chi connectivity index (χ0n) is 12.0. The molecule has 115 valence electrons. The monoisotopic (exact) mass is 317 g/mol. The highest BCUT2D eigenvalue weighted by atomic mass is 32.2. The Kier molecular flexibility index (Phi) is 4.85. The molecule has 2 aromatic carbocycles. The van der Waals surface area contributed by atoms with Crippen molar-refractivity contribution in [3.8, 4) is 0 Å². The van der Waals surface area contributed by atoms with Crippen molar-refractivity contribution >= 4 is 21.4 Å². The van der Waals surface area contributed by atoms with Gasteiger partial charge in [0.05, 0.1) is 16.6 Å². The van der Waals surface area contributed by atoms with Crippen LogP contribution in [0.2, 0.25) is 0 Å². The van der Waals surface area contributed by atoms with Crippen LogP contribution in [0.15, 0.2) is 54.6 Å². The fourth-order valence-electron chi connectivity index (χ4n) is 2.76. The van der Waals surface area contributed by atoms with Crippen LogP contribution in [0.25, 0.3) is 0 Å². The number of rotatable bonds is 3. The smallest absolute Gasteiger partial charge is 0.242 e. The zero-order valence-corrected chi connectivity index (χ0v) is 12.8. The number of fused-ring (bicyclic) bond motifs is 1. The van der Waals surface area contributed by atoms with E-state index in [-0.39, 0.29) is 19.2 Å². The average molecular weight is 317 g/mol. The van der Waals surface area contributed by atoms with Gasteiger partial charge in [-0.2, -0.15) is 0 Å². The lowest BCUT2D eigenvalue weighted by atomic mass is 10.0. The number of aliphatic hydroxyl groups excluding tert-OH is 1. The molecule has 0 saturated heterocycles. The third-order valence-electron chi connectivity index (χ3n) is 3.78. The molecule has 0 bridgehead atoms. The number of hydrogen-bond donors (Lipinski definition) is 1. The summed E-state index contributed by atoms with van der Waals surface area (Å²) in [5, 5.41) is 8.59. The molecule has 1 atom stereocenters. The normalized spacial score (nSPS) is 19.1. The summed E-state index contributed by atoms with van der Waals surface area (Å²) in [5.74, 6) is 0. The second-order valence-corrected chi connectivity index (χ2v) is 7.17. The van der Waals surface area contributed by atoms with Gasteiger partial charge in [-0.3, -0.25) is 0 Å². The van der Waals surface area contributed by atoms with Crippen LogP contribution in [0.5, 0.6) is 0 Å². The SMILES string of the molecule is O=S1(=O)C(CCO)Cc2ccccc2N1c1ccccc1.[N]. The lowest BCUT2D eigenvalue weighted by Gasteiger charge is -2.35. The van der Waals surface area contributed by atoms with Crippen LogP contribution in [-0.2, 0) is 16.4 Å². The van der Waals surface area contributed by atoms with Crippen molar-refractivity contribution in [2.24, 2.45) is 0 Å². The fourth-order valence-corrected chi connectivity index (χ4v) is 4.72. The van der Waals surface area contributed by atoms with Gasteiger partial charge in [0.1, 0.15) is 0 Å². The van der Waals surface area contributed by atoms with Crippen LogP contribution < -0.4 is 10.5 Å². The Morgan fingerprint density at radius 3 is 2.36 bits per heavy atom.